The highest BCUT2D eigenvalue weighted by atomic mass is 35.5. The molecule has 6 heteroatoms. The lowest BCUT2D eigenvalue weighted by Gasteiger charge is -2.01. The van der Waals surface area contributed by atoms with Crippen molar-refractivity contribution in [3.63, 3.8) is 0 Å². The molecule has 0 unspecified atom stereocenters. The molecule has 1 heterocycles. The molecule has 0 aliphatic heterocycles. The lowest BCUT2D eigenvalue weighted by Crippen LogP contribution is -1.99. The largest absolute Gasteiger partial charge is 0.383 e. The van der Waals surface area contributed by atoms with Gasteiger partial charge in [0.1, 0.15) is 11.6 Å². The van der Waals surface area contributed by atoms with Crippen molar-refractivity contribution in [1.29, 1.82) is 0 Å². The standard InChI is InChI=1S/C8H11ClN4S/c1-5(3-9)4-14-8-12-6(10)2-7(11)13-8/h2-3H,4H2,1H3,(H4,10,11,12,13)/b5-3-. The molecule has 4 N–H and O–H groups in total. The lowest BCUT2D eigenvalue weighted by atomic mass is 10.4. The van der Waals surface area contributed by atoms with Gasteiger partial charge in [-0.2, -0.15) is 0 Å². The first-order valence-electron chi connectivity index (χ1n) is 3.90. The van der Waals surface area contributed by atoms with E-state index in [1.54, 1.807) is 0 Å². The summed E-state index contributed by atoms with van der Waals surface area (Å²) in [6.07, 6.45) is 0. The van der Waals surface area contributed by atoms with Gasteiger partial charge in [-0.3, -0.25) is 0 Å². The normalized spacial score (nSPS) is 11.7. The Balaban J connectivity index is 2.67. The number of hydrogen-bond donors (Lipinski definition) is 2. The van der Waals surface area contributed by atoms with E-state index < -0.39 is 0 Å². The highest BCUT2D eigenvalue weighted by molar-refractivity contribution is 7.99. The number of nitrogens with zero attached hydrogens (tertiary/aromatic N) is 2. The van der Waals surface area contributed by atoms with Gasteiger partial charge in [-0.05, 0) is 6.92 Å². The monoisotopic (exact) mass is 230 g/mol. The molecule has 0 aliphatic carbocycles. The average Bonchev–Trinajstić information content (AvgIpc) is 2.12. The Hall–Kier alpha value is -0.940. The Labute approximate surface area is 91.7 Å². The smallest absolute Gasteiger partial charge is 0.191 e. The van der Waals surface area contributed by atoms with Crippen LogP contribution in [0.2, 0.25) is 0 Å². The molecule has 14 heavy (non-hydrogen) atoms. The Bertz CT molecular complexity index is 333. The maximum absolute atomic E-state index is 5.52. The molecule has 4 nitrogen and oxygen atoms in total. The Morgan fingerprint density at radius 3 is 2.57 bits per heavy atom. The molecular weight excluding hydrogens is 220 g/mol. The molecule has 1 rings (SSSR count). The van der Waals surface area contributed by atoms with Crippen molar-refractivity contribution in [3.8, 4) is 0 Å². The predicted molar refractivity (Wildman–Crippen MR) is 61.2 cm³/mol. The van der Waals surface area contributed by atoms with E-state index in [1.807, 2.05) is 6.92 Å². The number of hydrogen-bond acceptors (Lipinski definition) is 5. The summed E-state index contributed by atoms with van der Waals surface area (Å²) in [5.41, 5.74) is 13.6. The van der Waals surface area contributed by atoms with Gasteiger partial charge in [-0.1, -0.05) is 28.9 Å². The van der Waals surface area contributed by atoms with Crippen molar-refractivity contribution in [2.45, 2.75) is 12.1 Å². The van der Waals surface area contributed by atoms with E-state index >= 15 is 0 Å². The quantitative estimate of drug-likeness (QED) is 0.612. The summed E-state index contributed by atoms with van der Waals surface area (Å²) < 4.78 is 0. The Morgan fingerprint density at radius 2 is 2.07 bits per heavy atom. The molecular formula is C8H11ClN4S. The molecule has 0 radical (unpaired) electrons. The minimum Gasteiger partial charge on any atom is -0.383 e. The van der Waals surface area contributed by atoms with Gasteiger partial charge < -0.3 is 11.5 Å². The third-order valence-electron chi connectivity index (χ3n) is 1.36. The molecule has 0 aromatic carbocycles. The lowest BCUT2D eigenvalue weighted by molar-refractivity contribution is 0.986. The van der Waals surface area contributed by atoms with E-state index in [0.29, 0.717) is 16.8 Å². The van der Waals surface area contributed by atoms with Gasteiger partial charge in [0.05, 0.1) is 0 Å². The van der Waals surface area contributed by atoms with Crippen LogP contribution in [0.4, 0.5) is 11.6 Å². The van der Waals surface area contributed by atoms with Crippen LogP contribution in [-0.2, 0) is 0 Å². The van der Waals surface area contributed by atoms with Crippen molar-refractivity contribution in [2.75, 3.05) is 17.2 Å². The summed E-state index contributed by atoms with van der Waals surface area (Å²) in [5.74, 6) is 1.49. The first-order chi connectivity index (χ1) is 6.61. The maximum Gasteiger partial charge on any atom is 0.191 e. The van der Waals surface area contributed by atoms with Crippen LogP contribution in [0.1, 0.15) is 6.92 Å². The van der Waals surface area contributed by atoms with E-state index in [-0.39, 0.29) is 0 Å². The van der Waals surface area contributed by atoms with Gasteiger partial charge in [-0.25, -0.2) is 9.97 Å². The van der Waals surface area contributed by atoms with Crippen molar-refractivity contribution in [3.05, 3.63) is 17.2 Å². The Kier molecular flexibility index (Phi) is 4.03. The van der Waals surface area contributed by atoms with E-state index in [2.05, 4.69) is 9.97 Å². The van der Waals surface area contributed by atoms with Gasteiger partial charge in [0.25, 0.3) is 0 Å². The number of aromatic nitrogens is 2. The molecule has 0 saturated carbocycles. The molecule has 0 spiro atoms. The summed E-state index contributed by atoms with van der Waals surface area (Å²) in [6, 6.07) is 1.52. The fourth-order valence-electron chi connectivity index (χ4n) is 0.736. The zero-order valence-electron chi connectivity index (χ0n) is 7.70. The topological polar surface area (TPSA) is 77.8 Å². The number of thioether (sulfide) groups is 1. The fraction of sp³-hybridized carbons (Fsp3) is 0.250. The summed E-state index contributed by atoms with van der Waals surface area (Å²) in [5, 5.41) is 0.570. The van der Waals surface area contributed by atoms with Crippen molar-refractivity contribution in [2.24, 2.45) is 0 Å². The molecule has 76 valence electrons. The molecule has 0 saturated heterocycles. The van der Waals surface area contributed by atoms with Gasteiger partial charge in [0, 0.05) is 17.4 Å². The molecule has 1 aromatic rings. The summed E-state index contributed by atoms with van der Waals surface area (Å²) >= 11 is 6.96. The number of nitrogen functional groups attached to an aromatic ring is 2. The molecule has 0 bridgehead atoms. The SMILES string of the molecule is C/C(=C/Cl)CSc1nc(N)cc(N)n1. The number of halogens is 1. The summed E-state index contributed by atoms with van der Waals surface area (Å²) in [6.45, 7) is 1.93. The molecule has 0 amide bonds. The highest BCUT2D eigenvalue weighted by Gasteiger charge is 2.01. The minimum atomic E-state index is 0.382. The van der Waals surface area contributed by atoms with Crippen LogP contribution in [0.5, 0.6) is 0 Å². The van der Waals surface area contributed by atoms with Crippen LogP contribution >= 0.6 is 23.4 Å². The zero-order valence-corrected chi connectivity index (χ0v) is 9.27. The summed E-state index contributed by atoms with van der Waals surface area (Å²) in [7, 11) is 0. The van der Waals surface area contributed by atoms with Crippen molar-refractivity contribution >= 4 is 35.0 Å². The van der Waals surface area contributed by atoms with Crippen LogP contribution < -0.4 is 11.5 Å². The second-order valence-electron chi connectivity index (χ2n) is 2.74. The third-order valence-corrected chi connectivity index (χ3v) is 2.77. The number of anilines is 2. The maximum atomic E-state index is 5.52. The van der Waals surface area contributed by atoms with E-state index in [1.165, 1.54) is 23.4 Å². The van der Waals surface area contributed by atoms with Crippen LogP contribution in [0.25, 0.3) is 0 Å². The second kappa shape index (κ2) is 5.07. The Morgan fingerprint density at radius 1 is 1.50 bits per heavy atom. The molecule has 1 aromatic heterocycles. The minimum absolute atomic E-state index is 0.382. The first kappa shape index (κ1) is 11.1. The highest BCUT2D eigenvalue weighted by Crippen LogP contribution is 2.18. The van der Waals surface area contributed by atoms with Crippen LogP contribution in [0, 0.1) is 0 Å². The van der Waals surface area contributed by atoms with Crippen LogP contribution in [0.15, 0.2) is 22.3 Å². The summed E-state index contributed by atoms with van der Waals surface area (Å²) in [4.78, 5) is 8.04. The van der Waals surface area contributed by atoms with Crippen LogP contribution in [0.3, 0.4) is 0 Å². The molecule has 0 atom stereocenters. The fourth-order valence-corrected chi connectivity index (χ4v) is 1.69. The first-order valence-corrected chi connectivity index (χ1v) is 5.32. The van der Waals surface area contributed by atoms with E-state index in [0.717, 1.165) is 11.3 Å². The van der Waals surface area contributed by atoms with E-state index in [4.69, 9.17) is 23.1 Å². The van der Waals surface area contributed by atoms with Gasteiger partial charge in [0.2, 0.25) is 0 Å². The van der Waals surface area contributed by atoms with Crippen LogP contribution in [-0.4, -0.2) is 15.7 Å². The van der Waals surface area contributed by atoms with Gasteiger partial charge in [0.15, 0.2) is 5.16 Å². The molecule has 0 fully saturated rings. The number of nitrogens with two attached hydrogens (primary N) is 2. The molecule has 0 aliphatic rings. The van der Waals surface area contributed by atoms with Gasteiger partial charge in [-0.15, -0.1) is 0 Å². The van der Waals surface area contributed by atoms with Gasteiger partial charge >= 0.3 is 0 Å². The van der Waals surface area contributed by atoms with Crippen molar-refractivity contribution < 1.29 is 0 Å². The van der Waals surface area contributed by atoms with E-state index in [9.17, 15) is 0 Å². The predicted octanol–water partition coefficient (Wildman–Crippen LogP) is 1.88. The third kappa shape index (κ3) is 3.43. The number of rotatable bonds is 3. The second-order valence-corrected chi connectivity index (χ2v) is 3.91. The average molecular weight is 231 g/mol. The zero-order chi connectivity index (χ0) is 10.6. The van der Waals surface area contributed by atoms with Crippen molar-refractivity contribution in [1.82, 2.24) is 9.97 Å².